The SMILES string of the molecule is C=CC(=O)Cc1ccc(CCC(=O)Nc2cccc(CCC#Cc3cc(O)c4nc(N)sc4c3)c2)cc1. The van der Waals surface area contributed by atoms with Crippen molar-refractivity contribution in [3.8, 4) is 17.6 Å². The van der Waals surface area contributed by atoms with Crippen molar-refractivity contribution in [1.29, 1.82) is 0 Å². The number of hydrogen-bond acceptors (Lipinski definition) is 6. The zero-order valence-corrected chi connectivity index (χ0v) is 21.1. The predicted molar refractivity (Wildman–Crippen MR) is 150 cm³/mol. The molecule has 0 unspecified atom stereocenters. The Morgan fingerprint density at radius 3 is 2.62 bits per heavy atom. The average Bonchev–Trinajstić information content (AvgIpc) is 3.27. The summed E-state index contributed by atoms with van der Waals surface area (Å²) in [6.07, 6.45) is 4.02. The molecule has 0 saturated carbocycles. The number of aromatic nitrogens is 1. The van der Waals surface area contributed by atoms with E-state index in [1.54, 1.807) is 6.07 Å². The van der Waals surface area contributed by atoms with Crippen LogP contribution in [0, 0.1) is 11.8 Å². The third-order valence-electron chi connectivity index (χ3n) is 5.74. The molecule has 0 aliphatic heterocycles. The van der Waals surface area contributed by atoms with E-state index in [-0.39, 0.29) is 17.4 Å². The molecule has 3 aromatic carbocycles. The molecule has 0 bridgehead atoms. The number of nitrogens with zero attached hydrogens (tertiary/aromatic N) is 1. The van der Waals surface area contributed by atoms with E-state index < -0.39 is 0 Å². The van der Waals surface area contributed by atoms with E-state index in [4.69, 9.17) is 5.73 Å². The Kier molecular flexibility index (Phi) is 8.34. The molecule has 7 heteroatoms. The molecule has 4 rings (SSSR count). The number of fused-ring (bicyclic) bond motifs is 1. The van der Waals surface area contributed by atoms with E-state index in [0.29, 0.717) is 36.3 Å². The minimum Gasteiger partial charge on any atom is -0.506 e. The van der Waals surface area contributed by atoms with Crippen LogP contribution >= 0.6 is 11.3 Å². The summed E-state index contributed by atoms with van der Waals surface area (Å²) >= 11 is 1.32. The fourth-order valence-corrected chi connectivity index (χ4v) is 4.65. The van der Waals surface area contributed by atoms with E-state index >= 15 is 0 Å². The van der Waals surface area contributed by atoms with Gasteiger partial charge in [0.05, 0.1) is 4.70 Å². The van der Waals surface area contributed by atoms with Gasteiger partial charge in [-0.1, -0.05) is 66.2 Å². The summed E-state index contributed by atoms with van der Waals surface area (Å²) in [6.45, 7) is 3.49. The van der Waals surface area contributed by atoms with Crippen LogP contribution in [0.1, 0.15) is 35.1 Å². The number of nitrogen functional groups attached to an aromatic ring is 1. The first-order chi connectivity index (χ1) is 17.9. The molecule has 37 heavy (non-hydrogen) atoms. The van der Waals surface area contributed by atoms with Crippen LogP contribution < -0.4 is 11.1 Å². The number of ketones is 1. The summed E-state index contributed by atoms with van der Waals surface area (Å²) in [7, 11) is 0. The Balaban J connectivity index is 1.26. The van der Waals surface area contributed by atoms with Crippen LogP contribution in [-0.2, 0) is 28.9 Å². The average molecular weight is 510 g/mol. The molecule has 6 nitrogen and oxygen atoms in total. The lowest BCUT2D eigenvalue weighted by Crippen LogP contribution is -2.12. The van der Waals surface area contributed by atoms with Gasteiger partial charge in [0.25, 0.3) is 0 Å². The third kappa shape index (κ3) is 7.29. The number of hydrogen-bond donors (Lipinski definition) is 3. The number of allylic oxidation sites excluding steroid dienone is 1. The van der Waals surface area contributed by atoms with Crippen molar-refractivity contribution in [2.45, 2.75) is 32.1 Å². The number of aryl methyl sites for hydroxylation is 2. The van der Waals surface area contributed by atoms with Gasteiger partial charge in [-0.2, -0.15) is 0 Å². The van der Waals surface area contributed by atoms with Gasteiger partial charge in [0.15, 0.2) is 10.9 Å². The van der Waals surface area contributed by atoms with Crippen LogP contribution in [0.5, 0.6) is 5.75 Å². The summed E-state index contributed by atoms with van der Waals surface area (Å²) in [6, 6.07) is 19.0. The van der Waals surface area contributed by atoms with Crippen molar-refractivity contribution in [3.63, 3.8) is 0 Å². The van der Waals surface area contributed by atoms with Gasteiger partial charge >= 0.3 is 0 Å². The molecule has 4 N–H and O–H groups in total. The minimum absolute atomic E-state index is 0.0125. The lowest BCUT2D eigenvalue weighted by molar-refractivity contribution is -0.116. The number of nitrogens with two attached hydrogens (primary N) is 1. The molecule has 1 amide bonds. The Bertz CT molecular complexity index is 1510. The Hall–Kier alpha value is -4.41. The van der Waals surface area contributed by atoms with Gasteiger partial charge in [-0.15, -0.1) is 0 Å². The second-order valence-electron chi connectivity index (χ2n) is 8.61. The van der Waals surface area contributed by atoms with Crippen LogP contribution in [0.25, 0.3) is 10.2 Å². The van der Waals surface area contributed by atoms with E-state index in [1.165, 1.54) is 17.4 Å². The Morgan fingerprint density at radius 1 is 1.05 bits per heavy atom. The fourth-order valence-electron chi connectivity index (χ4n) is 3.86. The number of carbonyl (C=O) groups excluding carboxylic acids is 2. The number of benzene rings is 3. The van der Waals surface area contributed by atoms with Crippen molar-refractivity contribution in [1.82, 2.24) is 4.98 Å². The van der Waals surface area contributed by atoms with Gasteiger partial charge in [0.2, 0.25) is 5.91 Å². The molecule has 0 saturated heterocycles. The number of nitrogens with one attached hydrogen (secondary N) is 1. The molecule has 0 aliphatic carbocycles. The van der Waals surface area contributed by atoms with Crippen molar-refractivity contribution < 1.29 is 14.7 Å². The largest absolute Gasteiger partial charge is 0.506 e. The number of phenolic OH excluding ortho intramolecular Hbond substituents is 1. The van der Waals surface area contributed by atoms with Crippen molar-refractivity contribution in [3.05, 3.63) is 95.6 Å². The number of phenols is 1. The van der Waals surface area contributed by atoms with Crippen molar-refractivity contribution in [2.24, 2.45) is 0 Å². The van der Waals surface area contributed by atoms with E-state index in [2.05, 4.69) is 28.7 Å². The molecule has 4 aromatic rings. The summed E-state index contributed by atoms with van der Waals surface area (Å²) < 4.78 is 0.808. The molecular formula is C30H27N3O3S. The van der Waals surface area contributed by atoms with E-state index in [1.807, 2.05) is 54.6 Å². The zero-order valence-electron chi connectivity index (χ0n) is 20.3. The van der Waals surface area contributed by atoms with Gasteiger partial charge in [0, 0.05) is 30.5 Å². The topological polar surface area (TPSA) is 105 Å². The normalized spacial score (nSPS) is 10.5. The van der Waals surface area contributed by atoms with Gasteiger partial charge in [0.1, 0.15) is 11.3 Å². The maximum atomic E-state index is 12.5. The number of carbonyl (C=O) groups is 2. The summed E-state index contributed by atoms with van der Waals surface area (Å²) in [5.74, 6) is 6.25. The van der Waals surface area contributed by atoms with Crippen LogP contribution in [0.4, 0.5) is 10.8 Å². The molecule has 0 spiro atoms. The lowest BCUT2D eigenvalue weighted by Gasteiger charge is -2.08. The highest BCUT2D eigenvalue weighted by molar-refractivity contribution is 7.22. The van der Waals surface area contributed by atoms with Crippen molar-refractivity contribution in [2.75, 3.05) is 11.1 Å². The first-order valence-electron chi connectivity index (χ1n) is 11.9. The number of amides is 1. The maximum absolute atomic E-state index is 12.5. The van der Waals surface area contributed by atoms with Gasteiger partial charge in [-0.05, 0) is 59.9 Å². The van der Waals surface area contributed by atoms with Crippen molar-refractivity contribution >= 4 is 44.1 Å². The predicted octanol–water partition coefficient (Wildman–Crippen LogP) is 5.44. The van der Waals surface area contributed by atoms with Gasteiger partial charge in [-0.25, -0.2) is 4.98 Å². The molecule has 1 aromatic heterocycles. The Labute approximate surface area is 219 Å². The first-order valence-corrected chi connectivity index (χ1v) is 12.7. The smallest absolute Gasteiger partial charge is 0.224 e. The fraction of sp³-hybridized carbons (Fsp3) is 0.167. The molecule has 186 valence electrons. The Morgan fingerprint density at radius 2 is 1.84 bits per heavy atom. The van der Waals surface area contributed by atoms with E-state index in [9.17, 15) is 14.7 Å². The van der Waals surface area contributed by atoms with Crippen LogP contribution in [0.3, 0.4) is 0 Å². The first kappa shape index (κ1) is 25.7. The quantitative estimate of drug-likeness (QED) is 0.206. The van der Waals surface area contributed by atoms with Crippen LogP contribution in [0.15, 0.2) is 73.3 Å². The summed E-state index contributed by atoms with van der Waals surface area (Å²) in [4.78, 5) is 28.1. The number of thiazole rings is 1. The number of anilines is 2. The number of aromatic hydroxyl groups is 1. The molecule has 0 radical (unpaired) electrons. The molecular weight excluding hydrogens is 482 g/mol. The lowest BCUT2D eigenvalue weighted by atomic mass is 10.0. The molecule has 1 heterocycles. The van der Waals surface area contributed by atoms with E-state index in [0.717, 1.165) is 39.1 Å². The van der Waals surface area contributed by atoms with Crippen LogP contribution in [0.2, 0.25) is 0 Å². The highest BCUT2D eigenvalue weighted by atomic mass is 32.1. The highest BCUT2D eigenvalue weighted by Crippen LogP contribution is 2.31. The van der Waals surface area contributed by atoms with Gasteiger partial charge < -0.3 is 16.2 Å². The zero-order chi connectivity index (χ0) is 26.2. The number of rotatable bonds is 9. The standard InChI is InChI=1S/C30H27N3O3S/c1-2-25(34)17-22-12-10-20(11-13-22)14-15-28(36)32-24-9-5-8-21(16-24)6-3-4-7-23-18-26(35)29-27(19-23)37-30(31)33-29/h2,5,8-13,16,18-19,35H,1,3,6,14-15,17H2,(H2,31,33)(H,32,36). The second kappa shape index (κ2) is 12.0. The maximum Gasteiger partial charge on any atom is 0.224 e. The molecule has 0 fully saturated rings. The monoisotopic (exact) mass is 509 g/mol. The van der Waals surface area contributed by atoms with Crippen LogP contribution in [-0.4, -0.2) is 21.8 Å². The molecule has 0 aliphatic rings. The summed E-state index contributed by atoms with van der Waals surface area (Å²) in [5, 5.41) is 13.5. The third-order valence-corrected chi connectivity index (χ3v) is 6.57. The minimum atomic E-state index is -0.0539. The highest BCUT2D eigenvalue weighted by Gasteiger charge is 2.08. The molecule has 0 atom stereocenters. The second-order valence-corrected chi connectivity index (χ2v) is 9.67. The summed E-state index contributed by atoms with van der Waals surface area (Å²) in [5.41, 5.74) is 10.8. The van der Waals surface area contributed by atoms with Gasteiger partial charge in [-0.3, -0.25) is 9.59 Å².